The Morgan fingerprint density at radius 2 is 2.42 bits per heavy atom. The fourth-order valence-corrected chi connectivity index (χ4v) is 2.42. The molecule has 3 rings (SSSR count). The largest absolute Gasteiger partial charge is 0.266 e. The predicted octanol–water partition coefficient (Wildman–Crippen LogP) is 2.02. The van der Waals surface area contributed by atoms with Gasteiger partial charge in [0.25, 0.3) is 0 Å². The average molecular weight is 257 g/mol. The Kier molecular flexibility index (Phi) is 2.95. The summed E-state index contributed by atoms with van der Waals surface area (Å²) in [6.45, 7) is 0.499. The number of rotatable bonds is 2. The lowest BCUT2D eigenvalue weighted by molar-refractivity contribution is 0.387. The van der Waals surface area contributed by atoms with Crippen molar-refractivity contribution in [3.63, 3.8) is 0 Å². The van der Waals surface area contributed by atoms with Crippen LogP contribution in [-0.2, 0) is 0 Å². The molecule has 3 aliphatic heterocycles. The molecule has 0 spiro atoms. The summed E-state index contributed by atoms with van der Waals surface area (Å²) in [6, 6.07) is 2.11. The highest BCUT2D eigenvalue weighted by Crippen LogP contribution is 2.26. The van der Waals surface area contributed by atoms with E-state index in [0.717, 1.165) is 12.3 Å². The molecular formula is C13H12FN5. The lowest BCUT2D eigenvalue weighted by atomic mass is 9.97. The Morgan fingerprint density at radius 3 is 3.21 bits per heavy atom. The first-order chi connectivity index (χ1) is 9.28. The molecule has 0 saturated carbocycles. The van der Waals surface area contributed by atoms with E-state index >= 15 is 0 Å². The summed E-state index contributed by atoms with van der Waals surface area (Å²) < 4.78 is 13.2. The van der Waals surface area contributed by atoms with Gasteiger partial charge in [0, 0.05) is 24.8 Å². The second-order valence-electron chi connectivity index (χ2n) is 4.68. The van der Waals surface area contributed by atoms with Gasteiger partial charge in [-0.1, -0.05) is 6.08 Å². The maximum atomic E-state index is 13.2. The van der Waals surface area contributed by atoms with Crippen molar-refractivity contribution in [3.8, 4) is 6.07 Å². The smallest absolute Gasteiger partial charge is 0.149 e. The first kappa shape index (κ1) is 11.8. The van der Waals surface area contributed by atoms with Crippen LogP contribution in [0.3, 0.4) is 0 Å². The van der Waals surface area contributed by atoms with E-state index in [1.807, 2.05) is 6.08 Å². The summed E-state index contributed by atoms with van der Waals surface area (Å²) >= 11 is 0. The summed E-state index contributed by atoms with van der Waals surface area (Å²) in [5.74, 6) is 0.470. The van der Waals surface area contributed by atoms with Crippen LogP contribution >= 0.6 is 0 Å². The second-order valence-corrected chi connectivity index (χ2v) is 4.68. The van der Waals surface area contributed by atoms with Crippen molar-refractivity contribution in [1.82, 2.24) is 5.01 Å². The van der Waals surface area contributed by atoms with Crippen molar-refractivity contribution in [2.24, 2.45) is 26.9 Å². The lowest BCUT2D eigenvalue weighted by Gasteiger charge is -2.23. The fourth-order valence-electron chi connectivity index (χ4n) is 2.42. The molecule has 0 N–H and O–H groups in total. The highest BCUT2D eigenvalue weighted by atomic mass is 19.1. The van der Waals surface area contributed by atoms with Gasteiger partial charge >= 0.3 is 0 Å². The molecule has 0 aliphatic carbocycles. The number of fused-ring (bicyclic) bond motifs is 1. The molecule has 0 aromatic rings. The number of hydrazone groups is 1. The van der Waals surface area contributed by atoms with Crippen molar-refractivity contribution >= 4 is 17.8 Å². The van der Waals surface area contributed by atoms with Gasteiger partial charge in [-0.25, -0.2) is 14.4 Å². The zero-order valence-electron chi connectivity index (χ0n) is 10.2. The van der Waals surface area contributed by atoms with Gasteiger partial charge in [-0.2, -0.15) is 10.4 Å². The van der Waals surface area contributed by atoms with Crippen LogP contribution in [-0.4, -0.2) is 29.3 Å². The normalized spacial score (nSPS) is 28.4. The Hall–Kier alpha value is -2.29. The van der Waals surface area contributed by atoms with E-state index in [1.54, 1.807) is 17.4 Å². The maximum absolute atomic E-state index is 13.2. The molecule has 2 unspecified atom stereocenters. The lowest BCUT2D eigenvalue weighted by Crippen LogP contribution is -2.33. The van der Waals surface area contributed by atoms with Gasteiger partial charge < -0.3 is 0 Å². The Balaban J connectivity index is 1.78. The minimum atomic E-state index is -0.224. The third-order valence-electron chi connectivity index (χ3n) is 3.31. The molecule has 0 amide bonds. The van der Waals surface area contributed by atoms with Crippen LogP contribution in [0.15, 0.2) is 39.4 Å². The van der Waals surface area contributed by atoms with Crippen LogP contribution in [0, 0.1) is 23.2 Å². The highest BCUT2D eigenvalue weighted by molar-refractivity contribution is 6.17. The molecule has 0 aromatic heterocycles. The topological polar surface area (TPSA) is 64.1 Å². The zero-order chi connectivity index (χ0) is 13.2. The first-order valence-electron chi connectivity index (χ1n) is 6.14. The number of nitrogens with zero attached hydrogens (tertiary/aromatic N) is 5. The summed E-state index contributed by atoms with van der Waals surface area (Å²) in [5, 5.41) is 15.1. The minimum absolute atomic E-state index is 0.0407. The number of hydrogen-bond donors (Lipinski definition) is 0. The number of allylic oxidation sites excluding steroid dienone is 2. The molecule has 0 radical (unpaired) electrons. The molecule has 2 atom stereocenters. The molecule has 3 aliphatic rings. The monoisotopic (exact) mass is 257 g/mol. The summed E-state index contributed by atoms with van der Waals surface area (Å²) in [7, 11) is 0. The Bertz CT molecular complexity index is 578. The Labute approximate surface area is 110 Å². The standard InChI is InChI=1S/C13H12FN5/c14-10-4-9(6-16-7-10)8-19-13-11(2-1-3-17-13)12(5-15)18-19/h1,3,6-7,9,11H,2,4,8H2. The number of halogens is 1. The molecule has 5 nitrogen and oxygen atoms in total. The quantitative estimate of drug-likeness (QED) is 0.759. The third kappa shape index (κ3) is 2.19. The van der Waals surface area contributed by atoms with E-state index in [2.05, 4.69) is 21.2 Å². The molecule has 96 valence electrons. The molecule has 3 heterocycles. The van der Waals surface area contributed by atoms with Crippen LogP contribution in [0.4, 0.5) is 4.39 Å². The minimum Gasteiger partial charge on any atom is -0.266 e. The molecule has 0 bridgehead atoms. The van der Waals surface area contributed by atoms with Gasteiger partial charge in [0.2, 0.25) is 0 Å². The highest BCUT2D eigenvalue weighted by Gasteiger charge is 2.35. The van der Waals surface area contributed by atoms with Crippen LogP contribution < -0.4 is 0 Å². The average Bonchev–Trinajstić information content (AvgIpc) is 2.77. The van der Waals surface area contributed by atoms with Crippen molar-refractivity contribution < 1.29 is 4.39 Å². The summed E-state index contributed by atoms with van der Waals surface area (Å²) in [5.41, 5.74) is 0.479. The maximum Gasteiger partial charge on any atom is 0.149 e. The van der Waals surface area contributed by atoms with Crippen molar-refractivity contribution in [3.05, 3.63) is 24.3 Å². The SMILES string of the molecule is N#CC1=NN(CC2C=NC=C(F)C2)C2=NC=CCC12. The van der Waals surface area contributed by atoms with Crippen LogP contribution in [0.2, 0.25) is 0 Å². The van der Waals surface area contributed by atoms with E-state index in [9.17, 15) is 4.39 Å². The molecule has 19 heavy (non-hydrogen) atoms. The van der Waals surface area contributed by atoms with E-state index < -0.39 is 0 Å². The molecular weight excluding hydrogens is 245 g/mol. The summed E-state index contributed by atoms with van der Waals surface area (Å²) in [6.07, 6.45) is 7.67. The van der Waals surface area contributed by atoms with Gasteiger partial charge in [-0.15, -0.1) is 0 Å². The van der Waals surface area contributed by atoms with Crippen LogP contribution in [0.1, 0.15) is 12.8 Å². The number of amidine groups is 1. The second kappa shape index (κ2) is 4.76. The number of nitriles is 1. The Morgan fingerprint density at radius 1 is 1.53 bits per heavy atom. The summed E-state index contributed by atoms with van der Waals surface area (Å²) in [4.78, 5) is 8.17. The van der Waals surface area contributed by atoms with E-state index in [1.165, 1.54) is 6.20 Å². The van der Waals surface area contributed by atoms with Crippen molar-refractivity contribution in [2.75, 3.05) is 6.54 Å². The first-order valence-corrected chi connectivity index (χ1v) is 6.14. The fraction of sp³-hybridized carbons (Fsp3) is 0.385. The molecule has 0 aromatic carbocycles. The van der Waals surface area contributed by atoms with Gasteiger partial charge in [0.15, 0.2) is 0 Å². The molecule has 6 heteroatoms. The third-order valence-corrected chi connectivity index (χ3v) is 3.31. The van der Waals surface area contributed by atoms with Gasteiger partial charge in [-0.3, -0.25) is 4.99 Å². The van der Waals surface area contributed by atoms with E-state index in [0.29, 0.717) is 18.7 Å². The number of aliphatic imine (C=N–C) groups is 2. The molecule has 0 saturated heterocycles. The number of hydrogen-bond acceptors (Lipinski definition) is 5. The van der Waals surface area contributed by atoms with Crippen molar-refractivity contribution in [1.29, 1.82) is 5.26 Å². The van der Waals surface area contributed by atoms with Gasteiger partial charge in [-0.05, 0) is 6.42 Å². The molecule has 0 fully saturated rings. The van der Waals surface area contributed by atoms with Crippen LogP contribution in [0.25, 0.3) is 0 Å². The van der Waals surface area contributed by atoms with Crippen LogP contribution in [0.5, 0.6) is 0 Å². The van der Waals surface area contributed by atoms with Gasteiger partial charge in [0.05, 0.1) is 18.7 Å². The zero-order valence-corrected chi connectivity index (χ0v) is 10.2. The van der Waals surface area contributed by atoms with Crippen molar-refractivity contribution in [2.45, 2.75) is 12.8 Å². The van der Waals surface area contributed by atoms with E-state index in [4.69, 9.17) is 5.26 Å². The van der Waals surface area contributed by atoms with E-state index in [-0.39, 0.29) is 17.7 Å². The van der Waals surface area contributed by atoms with Gasteiger partial charge in [0.1, 0.15) is 23.4 Å². The predicted molar refractivity (Wildman–Crippen MR) is 70.2 cm³/mol.